The Bertz CT molecular complexity index is 1200. The Balaban J connectivity index is 1.54. The van der Waals surface area contributed by atoms with E-state index in [4.69, 9.17) is 26.1 Å². The van der Waals surface area contributed by atoms with Gasteiger partial charge >= 0.3 is 0 Å². The standard InChI is InChI=1S/C27H31ClFN3O3/c1-17-13-19(28)8-11-24(17)35-16-25-31-22-10-9-20(29)14-23(22)32(25)26(18-5-4-12-34-15-18)27(33)30-21-6-2-3-7-21/h8-11,13-14,18,21,26H,2-7,12,15-16H2,1H3,(H,30,33). The number of imidazole rings is 1. The Morgan fingerprint density at radius 3 is 2.80 bits per heavy atom. The van der Waals surface area contributed by atoms with Crippen molar-refractivity contribution in [2.75, 3.05) is 13.2 Å². The van der Waals surface area contributed by atoms with E-state index in [9.17, 15) is 9.18 Å². The van der Waals surface area contributed by atoms with E-state index in [1.165, 1.54) is 12.1 Å². The number of nitrogens with zero attached hydrogens (tertiary/aromatic N) is 2. The van der Waals surface area contributed by atoms with E-state index < -0.39 is 6.04 Å². The molecule has 1 saturated heterocycles. The molecule has 0 radical (unpaired) electrons. The number of aromatic nitrogens is 2. The molecule has 3 aromatic rings. The van der Waals surface area contributed by atoms with Gasteiger partial charge in [-0.25, -0.2) is 9.37 Å². The first-order chi connectivity index (χ1) is 17.0. The van der Waals surface area contributed by atoms with Gasteiger partial charge in [-0.3, -0.25) is 4.79 Å². The minimum atomic E-state index is -0.562. The summed E-state index contributed by atoms with van der Waals surface area (Å²) in [7, 11) is 0. The number of aryl methyl sites for hydroxylation is 1. The number of amides is 1. The summed E-state index contributed by atoms with van der Waals surface area (Å²) in [5, 5.41) is 3.91. The first kappa shape index (κ1) is 24.1. The third-order valence-corrected chi connectivity index (χ3v) is 7.34. The molecule has 0 spiro atoms. The Labute approximate surface area is 209 Å². The Hall–Kier alpha value is -2.64. The maximum absolute atomic E-state index is 14.4. The second-order valence-corrected chi connectivity index (χ2v) is 10.1. The van der Waals surface area contributed by atoms with E-state index >= 15 is 0 Å². The van der Waals surface area contributed by atoms with Crippen molar-refractivity contribution in [1.82, 2.24) is 14.9 Å². The van der Waals surface area contributed by atoms with Crippen LogP contribution in [-0.2, 0) is 16.1 Å². The molecule has 5 rings (SSSR count). The highest BCUT2D eigenvalue weighted by atomic mass is 35.5. The largest absolute Gasteiger partial charge is 0.485 e. The van der Waals surface area contributed by atoms with Crippen LogP contribution in [0.1, 0.15) is 56.0 Å². The molecule has 186 valence electrons. The molecule has 1 aliphatic heterocycles. The highest BCUT2D eigenvalue weighted by Gasteiger charge is 2.36. The van der Waals surface area contributed by atoms with Crippen molar-refractivity contribution in [3.8, 4) is 5.75 Å². The normalized spacial score (nSPS) is 19.7. The maximum atomic E-state index is 14.4. The molecular weight excluding hydrogens is 469 g/mol. The van der Waals surface area contributed by atoms with Gasteiger partial charge in [0, 0.05) is 23.6 Å². The van der Waals surface area contributed by atoms with E-state index in [-0.39, 0.29) is 30.3 Å². The van der Waals surface area contributed by atoms with Crippen molar-refractivity contribution in [2.24, 2.45) is 5.92 Å². The molecule has 2 atom stereocenters. The van der Waals surface area contributed by atoms with Crippen LogP contribution in [0.15, 0.2) is 36.4 Å². The second-order valence-electron chi connectivity index (χ2n) is 9.64. The van der Waals surface area contributed by atoms with Crippen molar-refractivity contribution in [1.29, 1.82) is 0 Å². The van der Waals surface area contributed by atoms with Crippen LogP contribution in [0.3, 0.4) is 0 Å². The van der Waals surface area contributed by atoms with Gasteiger partial charge in [0.05, 0.1) is 17.6 Å². The lowest BCUT2D eigenvalue weighted by atomic mass is 9.92. The molecular formula is C27H31ClFN3O3. The van der Waals surface area contributed by atoms with E-state index in [1.807, 2.05) is 23.6 Å². The van der Waals surface area contributed by atoms with Gasteiger partial charge in [-0.2, -0.15) is 0 Å². The van der Waals surface area contributed by atoms with Crippen molar-refractivity contribution >= 4 is 28.5 Å². The second kappa shape index (κ2) is 10.5. The molecule has 2 aliphatic rings. The molecule has 1 aliphatic carbocycles. The fourth-order valence-corrected chi connectivity index (χ4v) is 5.59. The highest BCUT2D eigenvalue weighted by Crippen LogP contribution is 2.33. The van der Waals surface area contributed by atoms with Crippen molar-refractivity contribution in [3.63, 3.8) is 0 Å². The first-order valence-electron chi connectivity index (χ1n) is 12.4. The number of hydrogen-bond acceptors (Lipinski definition) is 4. The van der Waals surface area contributed by atoms with Crippen molar-refractivity contribution in [2.45, 2.75) is 64.1 Å². The number of carbonyl (C=O) groups excluding carboxylic acids is 1. The number of hydrogen-bond donors (Lipinski definition) is 1. The fourth-order valence-electron chi connectivity index (χ4n) is 5.36. The molecule has 2 fully saturated rings. The van der Waals surface area contributed by atoms with Crippen LogP contribution in [0.4, 0.5) is 4.39 Å². The first-order valence-corrected chi connectivity index (χ1v) is 12.8. The summed E-state index contributed by atoms with van der Waals surface area (Å²) in [5.74, 6) is 0.806. The minimum absolute atomic E-state index is 0.0400. The smallest absolute Gasteiger partial charge is 0.243 e. The molecule has 2 unspecified atom stereocenters. The van der Waals surface area contributed by atoms with Crippen LogP contribution in [0.2, 0.25) is 5.02 Å². The molecule has 1 saturated carbocycles. The lowest BCUT2D eigenvalue weighted by molar-refractivity contribution is -0.128. The summed E-state index contributed by atoms with van der Waals surface area (Å²) in [6.07, 6.45) is 5.97. The number of ether oxygens (including phenoxy) is 2. The SMILES string of the molecule is Cc1cc(Cl)ccc1OCc1nc2ccc(F)cc2n1C(C(=O)NC1CCCC1)C1CCCOC1. The van der Waals surface area contributed by atoms with Gasteiger partial charge < -0.3 is 19.4 Å². The topological polar surface area (TPSA) is 65.4 Å². The Kier molecular flexibility index (Phi) is 7.25. The van der Waals surface area contributed by atoms with Crippen LogP contribution < -0.4 is 10.1 Å². The average molecular weight is 500 g/mol. The quantitative estimate of drug-likeness (QED) is 0.450. The predicted molar refractivity (Wildman–Crippen MR) is 133 cm³/mol. The summed E-state index contributed by atoms with van der Waals surface area (Å²) in [6, 6.07) is 9.56. The monoisotopic (exact) mass is 499 g/mol. The summed E-state index contributed by atoms with van der Waals surface area (Å²) in [5.41, 5.74) is 2.13. The highest BCUT2D eigenvalue weighted by molar-refractivity contribution is 6.30. The molecule has 6 nitrogen and oxygen atoms in total. The van der Waals surface area contributed by atoms with Crippen LogP contribution in [0, 0.1) is 18.7 Å². The Morgan fingerprint density at radius 2 is 2.06 bits per heavy atom. The van der Waals surface area contributed by atoms with E-state index in [2.05, 4.69) is 5.32 Å². The summed E-state index contributed by atoms with van der Waals surface area (Å²) >= 11 is 6.10. The zero-order valence-electron chi connectivity index (χ0n) is 19.9. The van der Waals surface area contributed by atoms with Crippen LogP contribution in [0.25, 0.3) is 11.0 Å². The van der Waals surface area contributed by atoms with Gasteiger partial charge in [0.2, 0.25) is 5.91 Å². The van der Waals surface area contributed by atoms with Gasteiger partial charge in [0.25, 0.3) is 0 Å². The predicted octanol–water partition coefficient (Wildman–Crippen LogP) is 5.74. The van der Waals surface area contributed by atoms with Gasteiger partial charge in [-0.15, -0.1) is 0 Å². The van der Waals surface area contributed by atoms with Crippen LogP contribution in [0.5, 0.6) is 5.75 Å². The lowest BCUT2D eigenvalue weighted by Gasteiger charge is -2.32. The van der Waals surface area contributed by atoms with Gasteiger partial charge in [-0.1, -0.05) is 24.4 Å². The molecule has 1 amide bonds. The lowest BCUT2D eigenvalue weighted by Crippen LogP contribution is -2.43. The fraction of sp³-hybridized carbons (Fsp3) is 0.481. The maximum Gasteiger partial charge on any atom is 0.243 e. The molecule has 0 bridgehead atoms. The molecule has 2 aromatic carbocycles. The van der Waals surface area contributed by atoms with E-state index in [0.29, 0.717) is 40.8 Å². The summed E-state index contributed by atoms with van der Waals surface area (Å²) in [6.45, 7) is 3.24. The summed E-state index contributed by atoms with van der Waals surface area (Å²) < 4.78 is 28.2. The minimum Gasteiger partial charge on any atom is -0.485 e. The number of carbonyl (C=O) groups is 1. The zero-order valence-corrected chi connectivity index (χ0v) is 20.7. The number of nitrogens with one attached hydrogen (secondary N) is 1. The summed E-state index contributed by atoms with van der Waals surface area (Å²) in [4.78, 5) is 18.5. The van der Waals surface area contributed by atoms with Crippen molar-refractivity contribution < 1.29 is 18.7 Å². The average Bonchev–Trinajstić information content (AvgIpc) is 3.47. The number of rotatable bonds is 7. The molecule has 35 heavy (non-hydrogen) atoms. The molecule has 2 heterocycles. The third kappa shape index (κ3) is 5.31. The Morgan fingerprint density at radius 1 is 1.23 bits per heavy atom. The third-order valence-electron chi connectivity index (χ3n) is 7.11. The van der Waals surface area contributed by atoms with E-state index in [1.54, 1.807) is 12.1 Å². The molecule has 8 heteroatoms. The molecule has 1 aromatic heterocycles. The van der Waals surface area contributed by atoms with E-state index in [0.717, 1.165) is 44.1 Å². The number of benzene rings is 2. The van der Waals surface area contributed by atoms with Crippen LogP contribution >= 0.6 is 11.6 Å². The van der Waals surface area contributed by atoms with Gasteiger partial charge in [0.1, 0.15) is 30.0 Å². The zero-order chi connectivity index (χ0) is 24.4. The number of fused-ring (bicyclic) bond motifs is 1. The van der Waals surface area contributed by atoms with Crippen LogP contribution in [-0.4, -0.2) is 34.7 Å². The molecule has 1 N–H and O–H groups in total. The number of halogens is 2. The van der Waals surface area contributed by atoms with Gasteiger partial charge in [-0.05, 0) is 74.6 Å². The van der Waals surface area contributed by atoms with Crippen molar-refractivity contribution in [3.05, 3.63) is 58.6 Å². The van der Waals surface area contributed by atoms with Gasteiger partial charge in [0.15, 0.2) is 0 Å².